The van der Waals surface area contributed by atoms with E-state index in [0.29, 0.717) is 35.4 Å². The molecule has 158 valence electrons. The number of anilines is 1. The summed E-state index contributed by atoms with van der Waals surface area (Å²) in [4.78, 5) is 14.3. The van der Waals surface area contributed by atoms with E-state index in [0.717, 1.165) is 17.3 Å². The number of rotatable bonds is 8. The number of carbonyl (C=O) groups excluding carboxylic acids is 1. The summed E-state index contributed by atoms with van der Waals surface area (Å²) in [6.45, 7) is 8.22. The normalized spacial score (nSPS) is 17.2. The summed E-state index contributed by atoms with van der Waals surface area (Å²) < 4.78 is 13.2. The van der Waals surface area contributed by atoms with Crippen molar-refractivity contribution in [3.8, 4) is 5.75 Å². The summed E-state index contributed by atoms with van der Waals surface area (Å²) in [6.07, 6.45) is 3.84. The van der Waals surface area contributed by atoms with Crippen LogP contribution in [0.25, 0.3) is 0 Å². The number of halogens is 2. The van der Waals surface area contributed by atoms with Crippen LogP contribution in [0, 0.1) is 0 Å². The molecule has 2 aromatic rings. The van der Waals surface area contributed by atoms with Gasteiger partial charge in [-0.1, -0.05) is 42.8 Å². The van der Waals surface area contributed by atoms with Gasteiger partial charge in [0.15, 0.2) is 6.79 Å². The molecule has 1 atom stereocenters. The van der Waals surface area contributed by atoms with Gasteiger partial charge in [0.05, 0.1) is 21.9 Å². The van der Waals surface area contributed by atoms with E-state index >= 15 is 0 Å². The van der Waals surface area contributed by atoms with Crippen molar-refractivity contribution in [3.63, 3.8) is 0 Å². The molecule has 3 rings (SSSR count). The Morgan fingerprint density at radius 3 is 2.69 bits per heavy atom. The first kappa shape index (κ1) is 22.1. The Kier molecular flexibility index (Phi) is 6.93. The monoisotopic (exact) mass is 455 g/mol. The zero-order valence-corrected chi connectivity index (χ0v) is 19.8. The molecule has 0 saturated carbocycles. The third kappa shape index (κ3) is 5.54. The lowest BCUT2D eigenvalue weighted by molar-refractivity contribution is -0.117. The first-order valence-corrected chi connectivity index (χ1v) is 14.1. The van der Waals surface area contributed by atoms with Gasteiger partial charge in [-0.15, -0.1) is 0 Å². The number of hydrogen-bond donors (Lipinski definition) is 0. The molecule has 1 fully saturated rings. The number of carbonyl (C=O) groups is 1. The molecular weight excluding hydrogens is 429 g/mol. The highest BCUT2D eigenvalue weighted by Crippen LogP contribution is 2.43. The Balaban J connectivity index is 1.73. The van der Waals surface area contributed by atoms with Gasteiger partial charge in [0.2, 0.25) is 5.91 Å². The summed E-state index contributed by atoms with van der Waals surface area (Å²) in [5.74, 6) is 0.514. The maximum atomic E-state index is 12.6. The second kappa shape index (κ2) is 9.08. The molecule has 1 aromatic carbocycles. The highest BCUT2D eigenvalue weighted by Gasteiger charge is 2.35. The van der Waals surface area contributed by atoms with Crippen molar-refractivity contribution in [2.75, 3.05) is 24.8 Å². The smallest absolute Gasteiger partial charge is 0.227 e. The average molecular weight is 456 g/mol. The van der Waals surface area contributed by atoms with Crippen molar-refractivity contribution < 1.29 is 14.3 Å². The molecular formula is C20H27Cl2N3O3Si. The summed E-state index contributed by atoms with van der Waals surface area (Å²) in [7, 11) is 0.673. The van der Waals surface area contributed by atoms with Gasteiger partial charge in [-0.2, -0.15) is 5.10 Å². The van der Waals surface area contributed by atoms with E-state index in [1.807, 2.05) is 13.2 Å². The number of nitrogens with zero attached hydrogens (tertiary/aromatic N) is 3. The van der Waals surface area contributed by atoms with Crippen LogP contribution >= 0.6 is 23.2 Å². The standard InChI is InChI=1S/C20H27Cl2N3O3Si/c1-24-12-15(10-23-24)25-11-14(9-18(25)26)19-17(6-5-16(21)20(19)22)28-13-27-7-8-29(2,3)4/h5-6,10,12,14H,7-9,11,13H2,1-4H3/t14-/m1/s1. The van der Waals surface area contributed by atoms with Crippen molar-refractivity contribution in [1.29, 1.82) is 0 Å². The number of aryl methyl sites for hydroxylation is 1. The Morgan fingerprint density at radius 1 is 1.28 bits per heavy atom. The average Bonchev–Trinajstić information content (AvgIpc) is 3.22. The fourth-order valence-corrected chi connectivity index (χ4v) is 4.53. The van der Waals surface area contributed by atoms with E-state index in [1.54, 1.807) is 27.9 Å². The van der Waals surface area contributed by atoms with Crippen molar-refractivity contribution >= 4 is 42.9 Å². The first-order valence-electron chi connectivity index (χ1n) is 9.63. The van der Waals surface area contributed by atoms with Crippen molar-refractivity contribution in [3.05, 3.63) is 40.1 Å². The lowest BCUT2D eigenvalue weighted by Crippen LogP contribution is -2.24. The number of aromatic nitrogens is 2. The van der Waals surface area contributed by atoms with Crippen LogP contribution in [0.5, 0.6) is 5.75 Å². The molecule has 6 nitrogen and oxygen atoms in total. The zero-order valence-electron chi connectivity index (χ0n) is 17.2. The van der Waals surface area contributed by atoms with Crippen LogP contribution in [-0.2, 0) is 16.6 Å². The predicted molar refractivity (Wildman–Crippen MR) is 119 cm³/mol. The molecule has 1 aliphatic heterocycles. The maximum absolute atomic E-state index is 12.6. The van der Waals surface area contributed by atoms with E-state index in [4.69, 9.17) is 32.7 Å². The minimum absolute atomic E-state index is 0.0244. The van der Waals surface area contributed by atoms with Crippen LogP contribution in [0.2, 0.25) is 35.7 Å². The molecule has 0 bridgehead atoms. The van der Waals surface area contributed by atoms with Crippen LogP contribution < -0.4 is 9.64 Å². The van der Waals surface area contributed by atoms with Crippen LogP contribution in [0.3, 0.4) is 0 Å². The van der Waals surface area contributed by atoms with Crippen molar-refractivity contribution in [1.82, 2.24) is 9.78 Å². The van der Waals surface area contributed by atoms with Crippen LogP contribution in [0.15, 0.2) is 24.5 Å². The Labute approximate surface area is 182 Å². The lowest BCUT2D eigenvalue weighted by atomic mass is 9.97. The largest absolute Gasteiger partial charge is 0.467 e. The first-order chi connectivity index (χ1) is 13.7. The molecule has 1 aliphatic rings. The highest BCUT2D eigenvalue weighted by atomic mass is 35.5. The van der Waals surface area contributed by atoms with Gasteiger partial charge in [-0.05, 0) is 18.2 Å². The highest BCUT2D eigenvalue weighted by molar-refractivity contribution is 6.76. The Bertz CT molecular complexity index is 882. The number of ether oxygens (including phenoxy) is 2. The Hall–Kier alpha value is -1.54. The van der Waals surface area contributed by atoms with E-state index in [9.17, 15) is 4.79 Å². The maximum Gasteiger partial charge on any atom is 0.227 e. The van der Waals surface area contributed by atoms with Gasteiger partial charge in [0.1, 0.15) is 5.75 Å². The van der Waals surface area contributed by atoms with Crippen LogP contribution in [0.4, 0.5) is 5.69 Å². The molecule has 29 heavy (non-hydrogen) atoms. The molecule has 0 aliphatic carbocycles. The predicted octanol–water partition coefficient (Wildman–Crippen LogP) is 4.94. The quantitative estimate of drug-likeness (QED) is 0.321. The van der Waals surface area contributed by atoms with Gasteiger partial charge >= 0.3 is 0 Å². The van der Waals surface area contributed by atoms with E-state index < -0.39 is 8.07 Å². The molecule has 0 N–H and O–H groups in total. The SMILES string of the molecule is Cn1cc(N2C[C@H](c3c(OCOCC[Si](C)(C)C)ccc(Cl)c3Cl)CC2=O)cn1. The van der Waals surface area contributed by atoms with Gasteiger partial charge < -0.3 is 14.4 Å². The van der Waals surface area contributed by atoms with Gasteiger partial charge in [-0.3, -0.25) is 9.48 Å². The second-order valence-corrected chi connectivity index (χ2v) is 14.9. The summed E-state index contributed by atoms with van der Waals surface area (Å²) >= 11 is 12.8. The Morgan fingerprint density at radius 2 is 2.03 bits per heavy atom. The number of benzene rings is 1. The third-order valence-corrected chi connectivity index (χ3v) is 7.45. The molecule has 0 radical (unpaired) electrons. The van der Waals surface area contributed by atoms with Gasteiger partial charge in [0.25, 0.3) is 0 Å². The molecule has 1 saturated heterocycles. The van der Waals surface area contributed by atoms with Gasteiger partial charge in [0, 0.05) is 52.4 Å². The van der Waals surface area contributed by atoms with Crippen LogP contribution in [-0.4, -0.2) is 43.7 Å². The molecule has 2 heterocycles. The minimum Gasteiger partial charge on any atom is -0.467 e. The summed E-state index contributed by atoms with van der Waals surface area (Å²) in [5.41, 5.74) is 1.53. The molecule has 1 amide bonds. The topological polar surface area (TPSA) is 56.6 Å². The molecule has 9 heteroatoms. The van der Waals surface area contributed by atoms with Gasteiger partial charge in [-0.25, -0.2) is 0 Å². The minimum atomic E-state index is -1.15. The zero-order chi connectivity index (χ0) is 21.2. The number of hydrogen-bond acceptors (Lipinski definition) is 4. The second-order valence-electron chi connectivity index (χ2n) is 8.53. The van der Waals surface area contributed by atoms with E-state index in [-0.39, 0.29) is 18.6 Å². The fourth-order valence-electron chi connectivity index (χ4n) is 3.30. The lowest BCUT2D eigenvalue weighted by Gasteiger charge is -2.20. The number of amides is 1. The van der Waals surface area contributed by atoms with E-state index in [1.165, 1.54) is 0 Å². The molecule has 0 spiro atoms. The summed E-state index contributed by atoms with van der Waals surface area (Å²) in [5, 5.41) is 5.03. The molecule has 1 aromatic heterocycles. The van der Waals surface area contributed by atoms with Crippen molar-refractivity contribution in [2.24, 2.45) is 7.05 Å². The van der Waals surface area contributed by atoms with Crippen molar-refractivity contribution in [2.45, 2.75) is 38.0 Å². The summed E-state index contributed by atoms with van der Waals surface area (Å²) in [6, 6.07) is 4.57. The van der Waals surface area contributed by atoms with Crippen LogP contribution in [0.1, 0.15) is 17.9 Å². The van der Waals surface area contributed by atoms with E-state index in [2.05, 4.69) is 24.7 Å². The fraction of sp³-hybridized carbons (Fsp3) is 0.500. The molecule has 0 unspecified atom stereocenters. The third-order valence-electron chi connectivity index (χ3n) is 4.92.